The van der Waals surface area contributed by atoms with Gasteiger partial charge in [0.2, 0.25) is 0 Å². The van der Waals surface area contributed by atoms with Gasteiger partial charge in [-0.25, -0.2) is 4.79 Å². The van der Waals surface area contributed by atoms with Crippen molar-refractivity contribution in [1.29, 1.82) is 0 Å². The summed E-state index contributed by atoms with van der Waals surface area (Å²) in [5.41, 5.74) is 0.877. The maximum Gasteiger partial charge on any atom is 0.319 e. The highest BCUT2D eigenvalue weighted by molar-refractivity contribution is 5.89. The predicted molar refractivity (Wildman–Crippen MR) is 83.3 cm³/mol. The van der Waals surface area contributed by atoms with E-state index in [4.69, 9.17) is 0 Å². The van der Waals surface area contributed by atoms with Crippen LogP contribution in [0.3, 0.4) is 0 Å². The standard InChI is InChI=1S/C15H25N3O2/c1-11(2)15(3,20)10-16-14(19)17-12-6-8-13(9-7-12)18(4)5/h6-9,11,20H,10H2,1-5H3,(H2,16,17,19). The predicted octanol–water partition coefficient (Wildman–Crippen LogP) is 2.28. The molecule has 5 heteroatoms. The van der Waals surface area contributed by atoms with Crippen molar-refractivity contribution in [2.45, 2.75) is 26.4 Å². The van der Waals surface area contributed by atoms with E-state index in [0.717, 1.165) is 11.4 Å². The lowest BCUT2D eigenvalue weighted by atomic mass is 9.93. The second-order valence-electron chi connectivity index (χ2n) is 5.76. The third kappa shape index (κ3) is 4.74. The number of carbonyl (C=O) groups is 1. The Labute approximate surface area is 121 Å². The third-order valence-corrected chi connectivity index (χ3v) is 3.49. The molecule has 2 amide bonds. The molecule has 0 aromatic heterocycles. The van der Waals surface area contributed by atoms with Crippen molar-refractivity contribution in [2.24, 2.45) is 5.92 Å². The number of nitrogens with one attached hydrogen (secondary N) is 2. The first-order chi connectivity index (χ1) is 9.22. The fourth-order valence-corrected chi connectivity index (χ4v) is 1.48. The Bertz CT molecular complexity index is 439. The number of nitrogens with zero attached hydrogens (tertiary/aromatic N) is 1. The number of benzene rings is 1. The van der Waals surface area contributed by atoms with Crippen LogP contribution < -0.4 is 15.5 Å². The van der Waals surface area contributed by atoms with Gasteiger partial charge in [0.25, 0.3) is 0 Å². The maximum atomic E-state index is 11.8. The molecule has 0 bridgehead atoms. The molecule has 0 aliphatic rings. The summed E-state index contributed by atoms with van der Waals surface area (Å²) in [5.74, 6) is 0.0715. The summed E-state index contributed by atoms with van der Waals surface area (Å²) in [7, 11) is 3.92. The molecule has 0 fully saturated rings. The minimum atomic E-state index is -0.911. The smallest absolute Gasteiger partial charge is 0.319 e. The molecule has 1 aromatic carbocycles. The first-order valence-corrected chi connectivity index (χ1v) is 6.77. The second kappa shape index (κ2) is 6.61. The summed E-state index contributed by atoms with van der Waals surface area (Å²) in [6.07, 6.45) is 0. The van der Waals surface area contributed by atoms with E-state index in [-0.39, 0.29) is 18.5 Å². The number of amides is 2. The highest BCUT2D eigenvalue weighted by Gasteiger charge is 2.25. The summed E-state index contributed by atoms with van der Waals surface area (Å²) < 4.78 is 0. The number of carbonyl (C=O) groups excluding carboxylic acids is 1. The number of anilines is 2. The van der Waals surface area contributed by atoms with Gasteiger partial charge in [0.1, 0.15) is 0 Å². The van der Waals surface area contributed by atoms with E-state index in [1.165, 1.54) is 0 Å². The van der Waals surface area contributed by atoms with Crippen LogP contribution in [0.1, 0.15) is 20.8 Å². The van der Waals surface area contributed by atoms with Crippen molar-refractivity contribution < 1.29 is 9.90 Å². The zero-order valence-corrected chi connectivity index (χ0v) is 12.9. The van der Waals surface area contributed by atoms with Gasteiger partial charge in [-0.15, -0.1) is 0 Å². The molecule has 1 rings (SSSR count). The van der Waals surface area contributed by atoms with Crippen molar-refractivity contribution >= 4 is 17.4 Å². The molecular weight excluding hydrogens is 254 g/mol. The van der Waals surface area contributed by atoms with Gasteiger partial charge < -0.3 is 20.6 Å². The molecule has 112 valence electrons. The van der Waals surface area contributed by atoms with E-state index in [1.54, 1.807) is 6.92 Å². The van der Waals surface area contributed by atoms with E-state index < -0.39 is 5.60 Å². The summed E-state index contributed by atoms with van der Waals surface area (Å²) in [4.78, 5) is 13.7. The Morgan fingerprint density at radius 3 is 2.30 bits per heavy atom. The Kier molecular flexibility index (Phi) is 5.39. The molecule has 20 heavy (non-hydrogen) atoms. The fourth-order valence-electron chi connectivity index (χ4n) is 1.48. The molecule has 0 heterocycles. The van der Waals surface area contributed by atoms with Gasteiger partial charge in [0.15, 0.2) is 0 Å². The van der Waals surface area contributed by atoms with Gasteiger partial charge in [-0.2, -0.15) is 0 Å². The Morgan fingerprint density at radius 1 is 1.30 bits per heavy atom. The lowest BCUT2D eigenvalue weighted by Gasteiger charge is -2.27. The molecule has 0 radical (unpaired) electrons. The number of urea groups is 1. The molecule has 0 aliphatic carbocycles. The van der Waals surface area contributed by atoms with Gasteiger partial charge >= 0.3 is 6.03 Å². The van der Waals surface area contributed by atoms with E-state index in [2.05, 4.69) is 10.6 Å². The number of rotatable bonds is 5. The molecule has 0 spiro atoms. The van der Waals surface area contributed by atoms with Gasteiger partial charge in [-0.05, 0) is 37.1 Å². The fraction of sp³-hybridized carbons (Fsp3) is 0.533. The average Bonchev–Trinajstić information content (AvgIpc) is 2.37. The van der Waals surface area contributed by atoms with Crippen molar-refractivity contribution in [3.05, 3.63) is 24.3 Å². The zero-order chi connectivity index (χ0) is 15.3. The topological polar surface area (TPSA) is 64.6 Å². The van der Waals surface area contributed by atoms with Crippen LogP contribution in [0.2, 0.25) is 0 Å². The SMILES string of the molecule is CC(C)C(C)(O)CNC(=O)Nc1ccc(N(C)C)cc1. The van der Waals surface area contributed by atoms with E-state index in [9.17, 15) is 9.90 Å². The number of hydrogen-bond donors (Lipinski definition) is 3. The molecular formula is C15H25N3O2. The average molecular weight is 279 g/mol. The van der Waals surface area contributed by atoms with E-state index >= 15 is 0 Å². The third-order valence-electron chi connectivity index (χ3n) is 3.49. The number of aliphatic hydroxyl groups is 1. The summed E-state index contributed by atoms with van der Waals surface area (Å²) in [6.45, 7) is 5.76. The molecule has 0 saturated carbocycles. The van der Waals surface area contributed by atoms with Gasteiger partial charge in [0, 0.05) is 32.0 Å². The highest BCUT2D eigenvalue weighted by atomic mass is 16.3. The molecule has 1 atom stereocenters. The van der Waals surface area contributed by atoms with Crippen molar-refractivity contribution in [3.63, 3.8) is 0 Å². The Morgan fingerprint density at radius 2 is 1.85 bits per heavy atom. The largest absolute Gasteiger partial charge is 0.388 e. The second-order valence-corrected chi connectivity index (χ2v) is 5.76. The minimum absolute atomic E-state index is 0.0715. The quantitative estimate of drug-likeness (QED) is 0.775. The zero-order valence-electron chi connectivity index (χ0n) is 12.9. The first kappa shape index (κ1) is 16.3. The maximum absolute atomic E-state index is 11.8. The molecule has 1 unspecified atom stereocenters. The van der Waals surface area contributed by atoms with Crippen molar-refractivity contribution in [1.82, 2.24) is 5.32 Å². The lowest BCUT2D eigenvalue weighted by Crippen LogP contribution is -2.45. The van der Waals surface area contributed by atoms with Crippen molar-refractivity contribution in [3.8, 4) is 0 Å². The monoisotopic (exact) mass is 279 g/mol. The van der Waals surface area contributed by atoms with Gasteiger partial charge in [0.05, 0.1) is 5.60 Å². The molecule has 3 N–H and O–H groups in total. The first-order valence-electron chi connectivity index (χ1n) is 6.77. The molecule has 1 aromatic rings. The van der Waals surface area contributed by atoms with Crippen LogP contribution in [-0.2, 0) is 0 Å². The lowest BCUT2D eigenvalue weighted by molar-refractivity contribution is 0.0170. The molecule has 5 nitrogen and oxygen atoms in total. The minimum Gasteiger partial charge on any atom is -0.388 e. The highest BCUT2D eigenvalue weighted by Crippen LogP contribution is 2.16. The summed E-state index contributed by atoms with van der Waals surface area (Å²) >= 11 is 0. The van der Waals surface area contributed by atoms with Crippen LogP contribution >= 0.6 is 0 Å². The van der Waals surface area contributed by atoms with E-state index in [0.29, 0.717) is 0 Å². The van der Waals surface area contributed by atoms with Crippen LogP contribution in [0.5, 0.6) is 0 Å². The van der Waals surface area contributed by atoms with Crippen LogP contribution in [0.15, 0.2) is 24.3 Å². The van der Waals surface area contributed by atoms with Crippen LogP contribution in [0, 0.1) is 5.92 Å². The van der Waals surface area contributed by atoms with E-state index in [1.807, 2.05) is 57.1 Å². The molecule has 0 aliphatic heterocycles. The van der Waals surface area contributed by atoms with Gasteiger partial charge in [-0.1, -0.05) is 13.8 Å². The Balaban J connectivity index is 2.50. The summed E-state index contributed by atoms with van der Waals surface area (Å²) in [6, 6.07) is 7.23. The van der Waals surface area contributed by atoms with Crippen molar-refractivity contribution in [2.75, 3.05) is 30.9 Å². The van der Waals surface area contributed by atoms with Crippen LogP contribution in [0.4, 0.5) is 16.2 Å². The number of hydrogen-bond acceptors (Lipinski definition) is 3. The Hall–Kier alpha value is -1.75. The van der Waals surface area contributed by atoms with Crippen LogP contribution in [0.25, 0.3) is 0 Å². The van der Waals surface area contributed by atoms with Gasteiger partial charge in [-0.3, -0.25) is 0 Å². The normalized spacial score (nSPS) is 13.8. The molecule has 0 saturated heterocycles. The summed E-state index contributed by atoms with van der Waals surface area (Å²) in [5, 5.41) is 15.5. The van der Waals surface area contributed by atoms with Crippen LogP contribution in [-0.4, -0.2) is 37.4 Å².